The van der Waals surface area contributed by atoms with Crippen LogP contribution >= 0.6 is 11.3 Å². The molecule has 2 heterocycles. The summed E-state index contributed by atoms with van der Waals surface area (Å²) in [5.41, 5.74) is 0.919. The van der Waals surface area contributed by atoms with Gasteiger partial charge in [-0.25, -0.2) is 0 Å². The average molecular weight is 351 g/mol. The van der Waals surface area contributed by atoms with E-state index in [1.807, 2.05) is 12.1 Å². The summed E-state index contributed by atoms with van der Waals surface area (Å²) >= 11 is 1.58. The van der Waals surface area contributed by atoms with Gasteiger partial charge in [0.25, 0.3) is 5.56 Å². The molecule has 0 bridgehead atoms. The van der Waals surface area contributed by atoms with Crippen molar-refractivity contribution in [2.75, 3.05) is 0 Å². The number of H-pyrrole nitrogens is 1. The fraction of sp³-hybridized carbons (Fsp3) is 0. The molecule has 0 saturated heterocycles. The Labute approximate surface area is 152 Å². The SMILES string of the molecule is O=c1[nH]c2c3ccccc3ccc2c2c1sc1ccc3ccccc3c12. The molecule has 0 radical (unpaired) electrons. The molecule has 1 N–H and O–H groups in total. The molecule has 2 aromatic heterocycles. The van der Waals surface area contributed by atoms with Crippen LogP contribution < -0.4 is 5.56 Å². The molecule has 26 heavy (non-hydrogen) atoms. The predicted molar refractivity (Wildman–Crippen MR) is 112 cm³/mol. The number of pyridine rings is 1. The third-order valence-electron chi connectivity index (χ3n) is 5.22. The number of thiophene rings is 1. The Bertz CT molecular complexity index is 1560. The van der Waals surface area contributed by atoms with E-state index in [4.69, 9.17) is 0 Å². The summed E-state index contributed by atoms with van der Waals surface area (Å²) in [5, 5.41) is 8.01. The quantitative estimate of drug-likeness (QED) is 0.325. The molecule has 0 aliphatic rings. The van der Waals surface area contributed by atoms with Crippen molar-refractivity contribution in [3.8, 4) is 0 Å². The number of benzene rings is 4. The maximum atomic E-state index is 12.9. The lowest BCUT2D eigenvalue weighted by Gasteiger charge is -2.06. The highest BCUT2D eigenvalue weighted by atomic mass is 32.1. The number of aromatic amines is 1. The fourth-order valence-corrected chi connectivity index (χ4v) is 5.20. The van der Waals surface area contributed by atoms with E-state index in [1.165, 1.54) is 16.2 Å². The van der Waals surface area contributed by atoms with E-state index in [9.17, 15) is 4.79 Å². The Morgan fingerprint density at radius 1 is 0.654 bits per heavy atom. The van der Waals surface area contributed by atoms with Crippen LogP contribution in [0.4, 0.5) is 0 Å². The normalized spacial score (nSPS) is 12.0. The largest absolute Gasteiger partial charge is 0.320 e. The van der Waals surface area contributed by atoms with Gasteiger partial charge < -0.3 is 4.98 Å². The van der Waals surface area contributed by atoms with Gasteiger partial charge in [0.2, 0.25) is 0 Å². The van der Waals surface area contributed by atoms with Crippen LogP contribution in [0.1, 0.15) is 0 Å². The van der Waals surface area contributed by atoms with Crippen LogP contribution in [0.15, 0.2) is 77.6 Å². The van der Waals surface area contributed by atoms with Crippen molar-refractivity contribution in [1.29, 1.82) is 0 Å². The minimum Gasteiger partial charge on any atom is -0.320 e. The van der Waals surface area contributed by atoms with Crippen LogP contribution in [0, 0.1) is 0 Å². The highest BCUT2D eigenvalue weighted by Gasteiger charge is 2.15. The van der Waals surface area contributed by atoms with Crippen LogP contribution in [0.3, 0.4) is 0 Å². The number of hydrogen-bond donors (Lipinski definition) is 1. The van der Waals surface area contributed by atoms with E-state index in [0.29, 0.717) is 0 Å². The third-order valence-corrected chi connectivity index (χ3v) is 6.38. The summed E-state index contributed by atoms with van der Waals surface area (Å²) in [6, 6.07) is 25.2. The van der Waals surface area contributed by atoms with Gasteiger partial charge in [-0.1, -0.05) is 66.7 Å². The molecule has 4 aromatic carbocycles. The molecule has 0 aliphatic heterocycles. The lowest BCUT2D eigenvalue weighted by atomic mass is 9.99. The van der Waals surface area contributed by atoms with E-state index >= 15 is 0 Å². The molecule has 0 amide bonds. The van der Waals surface area contributed by atoms with Crippen LogP contribution in [-0.4, -0.2) is 4.98 Å². The third kappa shape index (κ3) is 1.73. The Hall–Kier alpha value is -3.17. The highest BCUT2D eigenvalue weighted by Crippen LogP contribution is 2.40. The summed E-state index contributed by atoms with van der Waals surface area (Å²) in [6.45, 7) is 0. The molecule has 0 atom stereocenters. The van der Waals surface area contributed by atoms with Crippen molar-refractivity contribution >= 4 is 64.0 Å². The first-order chi connectivity index (χ1) is 12.8. The van der Waals surface area contributed by atoms with Gasteiger partial charge in [0.15, 0.2) is 0 Å². The second-order valence-corrected chi connectivity index (χ2v) is 7.68. The van der Waals surface area contributed by atoms with E-state index in [2.05, 4.69) is 65.6 Å². The van der Waals surface area contributed by atoms with Crippen molar-refractivity contribution in [2.45, 2.75) is 0 Å². The van der Waals surface area contributed by atoms with Gasteiger partial charge >= 0.3 is 0 Å². The Balaban J connectivity index is 1.99. The molecule has 6 aromatic rings. The molecule has 0 aliphatic carbocycles. The molecule has 6 rings (SSSR count). The summed E-state index contributed by atoms with van der Waals surface area (Å²) in [5.74, 6) is 0. The Morgan fingerprint density at radius 3 is 2.19 bits per heavy atom. The molecule has 0 unspecified atom stereocenters. The first kappa shape index (κ1) is 14.0. The zero-order valence-corrected chi connectivity index (χ0v) is 14.6. The summed E-state index contributed by atoms with van der Waals surface area (Å²) in [6.07, 6.45) is 0. The van der Waals surface area contributed by atoms with Crippen molar-refractivity contribution in [2.24, 2.45) is 0 Å². The van der Waals surface area contributed by atoms with Crippen LogP contribution in [0.5, 0.6) is 0 Å². The van der Waals surface area contributed by atoms with Gasteiger partial charge in [0.1, 0.15) is 4.70 Å². The van der Waals surface area contributed by atoms with E-state index in [1.54, 1.807) is 11.3 Å². The zero-order chi connectivity index (χ0) is 17.3. The van der Waals surface area contributed by atoms with Gasteiger partial charge in [-0.2, -0.15) is 0 Å². The molecule has 0 fully saturated rings. The molecule has 0 saturated carbocycles. The summed E-state index contributed by atoms with van der Waals surface area (Å²) in [4.78, 5) is 16.0. The first-order valence-corrected chi connectivity index (χ1v) is 9.40. The maximum absolute atomic E-state index is 12.9. The minimum atomic E-state index is -0.00543. The topological polar surface area (TPSA) is 32.9 Å². The number of hydrogen-bond acceptors (Lipinski definition) is 2. The molecule has 3 heteroatoms. The lowest BCUT2D eigenvalue weighted by molar-refractivity contribution is 1.37. The average Bonchev–Trinajstić information content (AvgIpc) is 3.09. The number of aromatic nitrogens is 1. The van der Waals surface area contributed by atoms with Crippen LogP contribution in [0.25, 0.3) is 52.6 Å². The Kier molecular flexibility index (Phi) is 2.66. The van der Waals surface area contributed by atoms with Gasteiger partial charge in [-0.15, -0.1) is 11.3 Å². The van der Waals surface area contributed by atoms with Gasteiger partial charge in [-0.3, -0.25) is 4.79 Å². The highest BCUT2D eigenvalue weighted by molar-refractivity contribution is 7.26. The van der Waals surface area contributed by atoms with Crippen molar-refractivity contribution < 1.29 is 0 Å². The predicted octanol–water partition coefficient (Wildman–Crippen LogP) is 6.20. The Morgan fingerprint density at radius 2 is 1.35 bits per heavy atom. The van der Waals surface area contributed by atoms with E-state index in [-0.39, 0.29) is 5.56 Å². The van der Waals surface area contributed by atoms with E-state index in [0.717, 1.165) is 36.5 Å². The van der Waals surface area contributed by atoms with Gasteiger partial charge in [0.05, 0.1) is 5.52 Å². The smallest absolute Gasteiger partial charge is 0.266 e. The molecular formula is C23H13NOS. The van der Waals surface area contributed by atoms with Crippen molar-refractivity contribution in [3.63, 3.8) is 0 Å². The van der Waals surface area contributed by atoms with Gasteiger partial charge in [-0.05, 0) is 22.2 Å². The first-order valence-electron chi connectivity index (χ1n) is 8.59. The standard InChI is InChI=1S/C23H13NOS/c25-23-22-20(17-11-9-14-6-2-4-8-16(14)21(17)24-23)19-15-7-3-1-5-13(15)10-12-18(19)26-22/h1-12H,(H,24,25). The molecule has 2 nitrogen and oxygen atoms in total. The number of rotatable bonds is 0. The molecular weight excluding hydrogens is 338 g/mol. The summed E-state index contributed by atoms with van der Waals surface area (Å²) < 4.78 is 1.96. The van der Waals surface area contributed by atoms with Crippen LogP contribution in [-0.2, 0) is 0 Å². The minimum absolute atomic E-state index is 0.00543. The number of fused-ring (bicyclic) bond motifs is 9. The monoisotopic (exact) mass is 351 g/mol. The van der Waals surface area contributed by atoms with Crippen molar-refractivity contribution in [3.05, 3.63) is 83.2 Å². The second-order valence-electron chi connectivity index (χ2n) is 6.63. The van der Waals surface area contributed by atoms with Gasteiger partial charge in [0, 0.05) is 26.2 Å². The fourth-order valence-electron chi connectivity index (χ4n) is 4.07. The number of nitrogens with one attached hydrogen (secondary N) is 1. The van der Waals surface area contributed by atoms with E-state index < -0.39 is 0 Å². The van der Waals surface area contributed by atoms with Crippen molar-refractivity contribution in [1.82, 2.24) is 4.98 Å². The molecule has 0 spiro atoms. The maximum Gasteiger partial charge on any atom is 0.266 e. The zero-order valence-electron chi connectivity index (χ0n) is 13.7. The summed E-state index contributed by atoms with van der Waals surface area (Å²) in [7, 11) is 0. The van der Waals surface area contributed by atoms with Crippen LogP contribution in [0.2, 0.25) is 0 Å². The second kappa shape index (κ2) is 4.93. The lowest BCUT2D eigenvalue weighted by Crippen LogP contribution is -2.04. The molecule has 122 valence electrons.